The number of hydrogen-bond acceptors (Lipinski definition) is 4. The van der Waals surface area contributed by atoms with E-state index in [0.29, 0.717) is 6.61 Å². The molecule has 5 heteroatoms. The Morgan fingerprint density at radius 3 is 2.90 bits per heavy atom. The molecule has 0 amide bonds. The van der Waals surface area contributed by atoms with Gasteiger partial charge in [0, 0.05) is 25.8 Å². The summed E-state index contributed by atoms with van der Waals surface area (Å²) in [6.07, 6.45) is 4.06. The van der Waals surface area contributed by atoms with Crippen LogP contribution in [0.2, 0.25) is 0 Å². The Morgan fingerprint density at radius 2 is 2.25 bits per heavy atom. The van der Waals surface area contributed by atoms with Crippen LogP contribution in [0.25, 0.3) is 0 Å². The summed E-state index contributed by atoms with van der Waals surface area (Å²) >= 11 is 0. The van der Waals surface area contributed by atoms with E-state index in [-0.39, 0.29) is 12.5 Å². The van der Waals surface area contributed by atoms with Gasteiger partial charge in [-0.05, 0) is 31.4 Å². The predicted octanol–water partition coefficient (Wildman–Crippen LogP) is 1.85. The SMILES string of the molecule is Cc1cccnc1CN1CCC(OCCC(=O)O)CC1. The molecule has 5 nitrogen and oxygen atoms in total. The van der Waals surface area contributed by atoms with Crippen molar-refractivity contribution in [3.63, 3.8) is 0 Å². The molecule has 1 fully saturated rings. The molecule has 0 radical (unpaired) electrons. The number of rotatable bonds is 6. The van der Waals surface area contributed by atoms with Crippen LogP contribution in [0.1, 0.15) is 30.5 Å². The van der Waals surface area contributed by atoms with E-state index in [9.17, 15) is 4.79 Å². The van der Waals surface area contributed by atoms with Crippen LogP contribution in [0, 0.1) is 6.92 Å². The Balaban J connectivity index is 1.72. The zero-order valence-corrected chi connectivity index (χ0v) is 11.9. The van der Waals surface area contributed by atoms with Crippen molar-refractivity contribution >= 4 is 5.97 Å². The highest BCUT2D eigenvalue weighted by molar-refractivity contribution is 5.66. The quantitative estimate of drug-likeness (QED) is 0.860. The van der Waals surface area contributed by atoms with E-state index in [1.165, 1.54) is 5.56 Å². The molecule has 1 N–H and O–H groups in total. The minimum atomic E-state index is -0.798. The zero-order chi connectivity index (χ0) is 14.4. The molecule has 1 aliphatic heterocycles. The first kappa shape index (κ1) is 14.9. The lowest BCUT2D eigenvalue weighted by Gasteiger charge is -2.31. The highest BCUT2D eigenvalue weighted by Crippen LogP contribution is 2.16. The van der Waals surface area contributed by atoms with E-state index in [1.54, 1.807) is 0 Å². The zero-order valence-electron chi connectivity index (χ0n) is 11.9. The number of aryl methyl sites for hydroxylation is 1. The second-order valence-corrected chi connectivity index (χ2v) is 5.26. The number of nitrogens with zero attached hydrogens (tertiary/aromatic N) is 2. The topological polar surface area (TPSA) is 62.7 Å². The first-order chi connectivity index (χ1) is 9.65. The van der Waals surface area contributed by atoms with Crippen LogP contribution >= 0.6 is 0 Å². The van der Waals surface area contributed by atoms with E-state index < -0.39 is 5.97 Å². The smallest absolute Gasteiger partial charge is 0.305 e. The second-order valence-electron chi connectivity index (χ2n) is 5.26. The number of aliphatic carboxylic acids is 1. The second kappa shape index (κ2) is 7.36. The van der Waals surface area contributed by atoms with E-state index in [4.69, 9.17) is 9.84 Å². The number of pyridine rings is 1. The highest BCUT2D eigenvalue weighted by Gasteiger charge is 2.20. The molecule has 0 bridgehead atoms. The van der Waals surface area contributed by atoms with Crippen LogP contribution in [0.5, 0.6) is 0 Å². The summed E-state index contributed by atoms with van der Waals surface area (Å²) in [5.74, 6) is -0.798. The van der Waals surface area contributed by atoms with Gasteiger partial charge in [0.2, 0.25) is 0 Å². The molecule has 20 heavy (non-hydrogen) atoms. The van der Waals surface area contributed by atoms with E-state index in [2.05, 4.69) is 22.9 Å². The van der Waals surface area contributed by atoms with Crippen LogP contribution in [0.15, 0.2) is 18.3 Å². The normalized spacial score (nSPS) is 17.2. The summed E-state index contributed by atoms with van der Waals surface area (Å²) in [5.41, 5.74) is 2.37. The lowest BCUT2D eigenvalue weighted by molar-refractivity contribution is -0.138. The van der Waals surface area contributed by atoms with Crippen molar-refractivity contribution in [1.29, 1.82) is 0 Å². The Labute approximate surface area is 119 Å². The Bertz CT molecular complexity index is 442. The Kier molecular flexibility index (Phi) is 5.49. The van der Waals surface area contributed by atoms with Gasteiger partial charge in [0.05, 0.1) is 24.8 Å². The van der Waals surface area contributed by atoms with Crippen molar-refractivity contribution in [2.75, 3.05) is 19.7 Å². The standard InChI is InChI=1S/C15H22N2O3/c1-12-3-2-7-16-14(12)11-17-8-4-13(5-9-17)20-10-6-15(18)19/h2-3,7,13H,4-6,8-11H2,1H3,(H,18,19). The van der Waals surface area contributed by atoms with Crippen LogP contribution in [0.4, 0.5) is 0 Å². The third-order valence-corrected chi connectivity index (χ3v) is 3.70. The summed E-state index contributed by atoms with van der Waals surface area (Å²) in [6.45, 7) is 5.25. The number of carboxylic acid groups (broad SMARTS) is 1. The van der Waals surface area contributed by atoms with Gasteiger partial charge in [-0.2, -0.15) is 0 Å². The number of carbonyl (C=O) groups is 1. The maximum absolute atomic E-state index is 10.4. The molecule has 0 unspecified atom stereocenters. The lowest BCUT2D eigenvalue weighted by atomic mass is 10.1. The third-order valence-electron chi connectivity index (χ3n) is 3.70. The van der Waals surface area contributed by atoms with Crippen molar-refractivity contribution in [3.05, 3.63) is 29.6 Å². The van der Waals surface area contributed by atoms with Gasteiger partial charge >= 0.3 is 5.97 Å². The van der Waals surface area contributed by atoms with Crippen molar-refractivity contribution in [2.24, 2.45) is 0 Å². The maximum Gasteiger partial charge on any atom is 0.305 e. The molecule has 0 saturated carbocycles. The minimum absolute atomic E-state index is 0.0906. The Morgan fingerprint density at radius 1 is 1.50 bits per heavy atom. The lowest BCUT2D eigenvalue weighted by Crippen LogP contribution is -2.37. The number of ether oxygens (including phenoxy) is 1. The summed E-state index contributed by atoms with van der Waals surface area (Å²) in [5, 5.41) is 8.58. The molecule has 0 spiro atoms. The fraction of sp³-hybridized carbons (Fsp3) is 0.600. The number of aromatic nitrogens is 1. The molecule has 2 heterocycles. The van der Waals surface area contributed by atoms with Crippen molar-refractivity contribution < 1.29 is 14.6 Å². The third kappa shape index (κ3) is 4.58. The predicted molar refractivity (Wildman–Crippen MR) is 75.5 cm³/mol. The van der Waals surface area contributed by atoms with E-state index in [0.717, 1.165) is 38.2 Å². The fourth-order valence-electron chi connectivity index (χ4n) is 2.44. The number of piperidine rings is 1. The van der Waals surface area contributed by atoms with Crippen LogP contribution < -0.4 is 0 Å². The molecule has 110 valence electrons. The molecular weight excluding hydrogens is 256 g/mol. The molecule has 0 aliphatic carbocycles. The minimum Gasteiger partial charge on any atom is -0.481 e. The molecule has 1 aromatic heterocycles. The van der Waals surface area contributed by atoms with Crippen molar-refractivity contribution in [1.82, 2.24) is 9.88 Å². The molecular formula is C15H22N2O3. The average molecular weight is 278 g/mol. The van der Waals surface area contributed by atoms with Gasteiger partial charge < -0.3 is 9.84 Å². The van der Waals surface area contributed by atoms with Crippen LogP contribution in [0.3, 0.4) is 0 Å². The maximum atomic E-state index is 10.4. The van der Waals surface area contributed by atoms with Gasteiger partial charge in [-0.25, -0.2) is 0 Å². The van der Waals surface area contributed by atoms with Gasteiger partial charge in [-0.3, -0.25) is 14.7 Å². The van der Waals surface area contributed by atoms with Gasteiger partial charge in [0.1, 0.15) is 0 Å². The summed E-state index contributed by atoms with van der Waals surface area (Å²) < 4.78 is 5.59. The average Bonchev–Trinajstić information content (AvgIpc) is 2.43. The van der Waals surface area contributed by atoms with Gasteiger partial charge in [-0.15, -0.1) is 0 Å². The Hall–Kier alpha value is -1.46. The summed E-state index contributed by atoms with van der Waals surface area (Å²) in [4.78, 5) is 17.2. The molecule has 2 rings (SSSR count). The first-order valence-electron chi connectivity index (χ1n) is 7.11. The highest BCUT2D eigenvalue weighted by atomic mass is 16.5. The number of carboxylic acids is 1. The van der Waals surface area contributed by atoms with Gasteiger partial charge in [0.15, 0.2) is 0 Å². The molecule has 0 aromatic carbocycles. The summed E-state index contributed by atoms with van der Waals surface area (Å²) in [6, 6.07) is 4.05. The fourth-order valence-corrected chi connectivity index (χ4v) is 2.44. The van der Waals surface area contributed by atoms with Gasteiger partial charge in [0.25, 0.3) is 0 Å². The van der Waals surface area contributed by atoms with Crippen LogP contribution in [-0.2, 0) is 16.1 Å². The summed E-state index contributed by atoms with van der Waals surface area (Å²) in [7, 11) is 0. The van der Waals surface area contributed by atoms with Crippen molar-refractivity contribution in [2.45, 2.75) is 38.8 Å². The van der Waals surface area contributed by atoms with E-state index in [1.807, 2.05) is 12.3 Å². The number of hydrogen-bond donors (Lipinski definition) is 1. The van der Waals surface area contributed by atoms with Gasteiger partial charge in [-0.1, -0.05) is 6.07 Å². The van der Waals surface area contributed by atoms with Crippen molar-refractivity contribution in [3.8, 4) is 0 Å². The van der Waals surface area contributed by atoms with Crippen LogP contribution in [-0.4, -0.2) is 46.8 Å². The number of likely N-dealkylation sites (tertiary alicyclic amines) is 1. The van der Waals surface area contributed by atoms with E-state index >= 15 is 0 Å². The molecule has 1 aromatic rings. The molecule has 1 saturated heterocycles. The molecule has 0 atom stereocenters. The first-order valence-corrected chi connectivity index (χ1v) is 7.11. The monoisotopic (exact) mass is 278 g/mol. The largest absolute Gasteiger partial charge is 0.481 e. The molecule has 1 aliphatic rings.